The number of aryl methyl sites for hydroxylation is 2. The van der Waals surface area contributed by atoms with Crippen molar-refractivity contribution in [2.24, 2.45) is 0 Å². The molecular formula is C24H24N2O2S. The molecule has 1 aliphatic carbocycles. The minimum absolute atomic E-state index is 0.0115. The van der Waals surface area contributed by atoms with Crippen LogP contribution in [0.1, 0.15) is 45.0 Å². The van der Waals surface area contributed by atoms with E-state index in [4.69, 9.17) is 0 Å². The molecule has 0 unspecified atom stereocenters. The largest absolute Gasteiger partial charge is 0.339 e. The lowest BCUT2D eigenvalue weighted by Crippen LogP contribution is -2.30. The monoisotopic (exact) mass is 404 g/mol. The van der Waals surface area contributed by atoms with Crippen LogP contribution in [0, 0.1) is 0 Å². The van der Waals surface area contributed by atoms with Crippen molar-refractivity contribution >= 4 is 28.8 Å². The molecule has 0 spiro atoms. The molecule has 29 heavy (non-hydrogen) atoms. The number of carbonyl (C=O) groups excluding carboxylic acids is 2. The van der Waals surface area contributed by atoms with Crippen LogP contribution in [-0.2, 0) is 12.8 Å². The van der Waals surface area contributed by atoms with Crippen molar-refractivity contribution in [3.8, 4) is 10.4 Å². The summed E-state index contributed by atoms with van der Waals surface area (Å²) >= 11 is 1.55. The summed E-state index contributed by atoms with van der Waals surface area (Å²) in [5.41, 5.74) is 5.17. The van der Waals surface area contributed by atoms with E-state index in [0.717, 1.165) is 17.7 Å². The fourth-order valence-electron chi connectivity index (χ4n) is 3.77. The molecule has 0 saturated carbocycles. The van der Waals surface area contributed by atoms with Crippen molar-refractivity contribution in [2.45, 2.75) is 26.7 Å². The molecule has 0 bridgehead atoms. The van der Waals surface area contributed by atoms with Crippen LogP contribution in [-0.4, -0.2) is 29.8 Å². The Morgan fingerprint density at radius 1 is 0.966 bits per heavy atom. The summed E-state index contributed by atoms with van der Waals surface area (Å²) < 4.78 is 0. The smallest absolute Gasteiger partial charge is 0.265 e. The number of thiophene rings is 1. The highest BCUT2D eigenvalue weighted by molar-refractivity contribution is 7.17. The molecule has 148 valence electrons. The Morgan fingerprint density at radius 3 is 2.38 bits per heavy atom. The average molecular weight is 405 g/mol. The van der Waals surface area contributed by atoms with Gasteiger partial charge in [-0.05, 0) is 73.7 Å². The van der Waals surface area contributed by atoms with Gasteiger partial charge in [0, 0.05) is 29.2 Å². The lowest BCUT2D eigenvalue weighted by Gasteiger charge is -2.18. The van der Waals surface area contributed by atoms with E-state index in [0.29, 0.717) is 24.3 Å². The molecular weight excluding hydrogens is 380 g/mol. The maximum Gasteiger partial charge on any atom is 0.265 e. The third-order valence-corrected chi connectivity index (χ3v) is 6.61. The van der Waals surface area contributed by atoms with Crippen molar-refractivity contribution in [1.29, 1.82) is 0 Å². The number of hydrogen-bond acceptors (Lipinski definition) is 3. The van der Waals surface area contributed by atoms with Gasteiger partial charge in [-0.15, -0.1) is 11.3 Å². The molecule has 4 rings (SSSR count). The van der Waals surface area contributed by atoms with Crippen LogP contribution >= 0.6 is 11.3 Å². The second-order valence-electron chi connectivity index (χ2n) is 7.13. The molecule has 0 saturated heterocycles. The molecule has 4 nitrogen and oxygen atoms in total. The standard InChI is InChI=1S/C24H24N2O2S/c1-3-26(4-2)24(28)17-11-13-19(14-12-17)25-23(27)21-15-18-10-9-16-7-5-6-8-20(16)22(18)29-21/h5-8,11-15H,3-4,9-10H2,1-2H3,(H,25,27). The highest BCUT2D eigenvalue weighted by atomic mass is 32.1. The number of nitrogens with zero attached hydrogens (tertiary/aromatic N) is 1. The van der Waals surface area contributed by atoms with Crippen LogP contribution in [0.15, 0.2) is 54.6 Å². The minimum Gasteiger partial charge on any atom is -0.339 e. The molecule has 2 amide bonds. The zero-order valence-corrected chi connectivity index (χ0v) is 17.5. The highest BCUT2D eigenvalue weighted by Gasteiger charge is 2.21. The van der Waals surface area contributed by atoms with Gasteiger partial charge in [0.1, 0.15) is 0 Å². The second-order valence-corrected chi connectivity index (χ2v) is 8.18. The SMILES string of the molecule is CCN(CC)C(=O)c1ccc(NC(=O)c2cc3c(s2)-c2ccccc2CC3)cc1. The van der Waals surface area contributed by atoms with Crippen molar-refractivity contribution in [3.05, 3.63) is 76.2 Å². The van der Waals surface area contributed by atoms with Crippen molar-refractivity contribution in [2.75, 3.05) is 18.4 Å². The molecule has 1 N–H and O–H groups in total. The fourth-order valence-corrected chi connectivity index (χ4v) is 4.93. The molecule has 0 radical (unpaired) electrons. The van der Waals surface area contributed by atoms with Gasteiger partial charge in [-0.25, -0.2) is 0 Å². The van der Waals surface area contributed by atoms with Crippen molar-refractivity contribution in [1.82, 2.24) is 4.90 Å². The van der Waals surface area contributed by atoms with Gasteiger partial charge in [0.2, 0.25) is 0 Å². The Hall–Kier alpha value is -2.92. The summed E-state index contributed by atoms with van der Waals surface area (Å²) in [6.45, 7) is 5.30. The summed E-state index contributed by atoms with van der Waals surface area (Å²) in [6.07, 6.45) is 1.99. The van der Waals surface area contributed by atoms with E-state index < -0.39 is 0 Å². The number of hydrogen-bond donors (Lipinski definition) is 1. The van der Waals surface area contributed by atoms with Gasteiger partial charge in [0.15, 0.2) is 0 Å². The Kier molecular flexibility index (Phi) is 5.49. The predicted molar refractivity (Wildman–Crippen MR) is 119 cm³/mol. The molecule has 1 heterocycles. The van der Waals surface area contributed by atoms with Gasteiger partial charge < -0.3 is 10.2 Å². The number of amides is 2. The topological polar surface area (TPSA) is 49.4 Å². The molecule has 0 fully saturated rings. The third-order valence-electron chi connectivity index (χ3n) is 5.40. The summed E-state index contributed by atoms with van der Waals surface area (Å²) in [5.74, 6) is -0.0952. The van der Waals surface area contributed by atoms with Crippen molar-refractivity contribution in [3.63, 3.8) is 0 Å². The maximum absolute atomic E-state index is 12.8. The van der Waals surface area contributed by atoms with E-state index in [1.165, 1.54) is 21.6 Å². The van der Waals surface area contributed by atoms with Crippen molar-refractivity contribution < 1.29 is 9.59 Å². The number of anilines is 1. The van der Waals surface area contributed by atoms with Crippen LogP contribution in [0.4, 0.5) is 5.69 Å². The number of nitrogens with one attached hydrogen (secondary N) is 1. The quantitative estimate of drug-likeness (QED) is 0.631. The summed E-state index contributed by atoms with van der Waals surface area (Å²) in [7, 11) is 0. The van der Waals surface area contributed by atoms with Gasteiger partial charge in [-0.3, -0.25) is 9.59 Å². The van der Waals surface area contributed by atoms with Gasteiger partial charge in [-0.2, -0.15) is 0 Å². The van der Waals surface area contributed by atoms with Gasteiger partial charge in [0.25, 0.3) is 11.8 Å². The number of benzene rings is 2. The minimum atomic E-state index is -0.107. The number of fused-ring (bicyclic) bond motifs is 3. The first-order valence-electron chi connectivity index (χ1n) is 10.0. The Morgan fingerprint density at radius 2 is 1.66 bits per heavy atom. The Bertz CT molecular complexity index is 1050. The first kappa shape index (κ1) is 19.4. The lowest BCUT2D eigenvalue weighted by atomic mass is 9.91. The van der Waals surface area contributed by atoms with Crippen LogP contribution in [0.5, 0.6) is 0 Å². The third kappa shape index (κ3) is 3.83. The van der Waals surface area contributed by atoms with Gasteiger partial charge in [0.05, 0.1) is 4.88 Å². The highest BCUT2D eigenvalue weighted by Crippen LogP contribution is 2.39. The van der Waals surface area contributed by atoms with E-state index >= 15 is 0 Å². The van der Waals surface area contributed by atoms with E-state index in [1.807, 2.05) is 19.9 Å². The van der Waals surface area contributed by atoms with E-state index in [-0.39, 0.29) is 11.8 Å². The van der Waals surface area contributed by atoms with Crippen LogP contribution in [0.25, 0.3) is 10.4 Å². The molecule has 3 aromatic rings. The van der Waals surface area contributed by atoms with Crippen LogP contribution < -0.4 is 5.32 Å². The Balaban J connectivity index is 1.50. The molecule has 1 aliphatic rings. The molecule has 1 aromatic heterocycles. The normalized spacial score (nSPS) is 12.1. The average Bonchev–Trinajstić information content (AvgIpc) is 3.20. The molecule has 5 heteroatoms. The number of carbonyl (C=O) groups is 2. The van der Waals surface area contributed by atoms with E-state index in [1.54, 1.807) is 40.5 Å². The molecule has 2 aromatic carbocycles. The zero-order valence-electron chi connectivity index (χ0n) is 16.7. The number of rotatable bonds is 5. The maximum atomic E-state index is 12.8. The van der Waals surface area contributed by atoms with Crippen LogP contribution in [0.3, 0.4) is 0 Å². The summed E-state index contributed by atoms with van der Waals surface area (Å²) in [4.78, 5) is 28.9. The van der Waals surface area contributed by atoms with Crippen LogP contribution in [0.2, 0.25) is 0 Å². The first-order valence-corrected chi connectivity index (χ1v) is 10.8. The zero-order chi connectivity index (χ0) is 20.4. The second kappa shape index (κ2) is 8.21. The van der Waals surface area contributed by atoms with Gasteiger partial charge in [-0.1, -0.05) is 24.3 Å². The lowest BCUT2D eigenvalue weighted by molar-refractivity contribution is 0.0773. The predicted octanol–water partition coefficient (Wildman–Crippen LogP) is 5.25. The first-order chi connectivity index (χ1) is 14.1. The van der Waals surface area contributed by atoms with Gasteiger partial charge >= 0.3 is 0 Å². The molecule has 0 atom stereocenters. The summed E-state index contributed by atoms with van der Waals surface area (Å²) in [5, 5.41) is 2.96. The summed E-state index contributed by atoms with van der Waals surface area (Å²) in [6, 6.07) is 17.6. The molecule has 0 aliphatic heterocycles. The van der Waals surface area contributed by atoms with E-state index in [2.05, 4.69) is 29.6 Å². The Labute approximate surface area is 175 Å². The van der Waals surface area contributed by atoms with E-state index in [9.17, 15) is 9.59 Å². The fraction of sp³-hybridized carbons (Fsp3) is 0.250.